The molecule has 2 aromatic carbocycles. The Hall–Kier alpha value is -2.24. The predicted molar refractivity (Wildman–Crippen MR) is 121 cm³/mol. The van der Waals surface area contributed by atoms with E-state index in [0.29, 0.717) is 15.8 Å². The monoisotopic (exact) mass is 450 g/mol. The molecule has 0 aliphatic carbocycles. The van der Waals surface area contributed by atoms with Crippen LogP contribution >= 0.6 is 23.2 Å². The number of benzene rings is 2. The van der Waals surface area contributed by atoms with E-state index in [4.69, 9.17) is 27.9 Å². The molecule has 2 aromatic rings. The zero-order valence-corrected chi connectivity index (χ0v) is 19.3. The second-order valence-corrected chi connectivity index (χ2v) is 8.13. The molecule has 2 unspecified atom stereocenters. The Bertz CT molecular complexity index is 889. The van der Waals surface area contributed by atoms with E-state index >= 15 is 0 Å². The van der Waals surface area contributed by atoms with Crippen molar-refractivity contribution in [1.29, 1.82) is 0 Å². The van der Waals surface area contributed by atoms with E-state index in [0.717, 1.165) is 17.5 Å². The van der Waals surface area contributed by atoms with Crippen LogP contribution in [0.3, 0.4) is 0 Å². The quantitative estimate of drug-likeness (QED) is 0.583. The summed E-state index contributed by atoms with van der Waals surface area (Å²) >= 11 is 12.1. The smallest absolute Gasteiger partial charge is 0.261 e. The molecular weight excluding hydrogens is 423 g/mol. The van der Waals surface area contributed by atoms with Crippen LogP contribution in [0.1, 0.15) is 38.3 Å². The lowest BCUT2D eigenvalue weighted by Gasteiger charge is -2.29. The first-order valence-electron chi connectivity index (χ1n) is 9.95. The van der Waals surface area contributed by atoms with Crippen molar-refractivity contribution >= 4 is 35.0 Å². The van der Waals surface area contributed by atoms with Gasteiger partial charge in [0.25, 0.3) is 5.91 Å². The average Bonchev–Trinajstić information content (AvgIpc) is 2.73. The van der Waals surface area contributed by atoms with Gasteiger partial charge < -0.3 is 15.0 Å². The number of carbonyl (C=O) groups is 2. The largest absolute Gasteiger partial charge is 0.484 e. The van der Waals surface area contributed by atoms with Crippen molar-refractivity contribution in [3.63, 3.8) is 0 Å². The molecule has 0 fully saturated rings. The number of nitrogens with one attached hydrogen (secondary N) is 1. The number of carbonyl (C=O) groups excluding carboxylic acids is 2. The molecule has 0 radical (unpaired) electrons. The molecule has 0 aliphatic rings. The molecule has 7 heteroatoms. The van der Waals surface area contributed by atoms with Gasteiger partial charge in [0, 0.05) is 12.6 Å². The van der Waals surface area contributed by atoms with Crippen molar-refractivity contribution in [2.75, 3.05) is 6.61 Å². The summed E-state index contributed by atoms with van der Waals surface area (Å²) in [5.41, 5.74) is 1.71. The van der Waals surface area contributed by atoms with E-state index in [1.54, 1.807) is 25.1 Å². The van der Waals surface area contributed by atoms with Crippen LogP contribution in [-0.2, 0) is 16.1 Å². The van der Waals surface area contributed by atoms with Gasteiger partial charge >= 0.3 is 0 Å². The number of hydrogen-bond donors (Lipinski definition) is 1. The number of halogens is 2. The molecule has 0 saturated carbocycles. The number of para-hydroxylation sites is 1. The summed E-state index contributed by atoms with van der Waals surface area (Å²) in [6.45, 7) is 7.58. The van der Waals surface area contributed by atoms with Gasteiger partial charge in [-0.15, -0.1) is 0 Å². The third-order valence-corrected chi connectivity index (χ3v) is 5.69. The highest BCUT2D eigenvalue weighted by Crippen LogP contribution is 2.24. The maximum absolute atomic E-state index is 13.0. The van der Waals surface area contributed by atoms with Gasteiger partial charge in [0.15, 0.2) is 6.61 Å². The third kappa shape index (κ3) is 6.64. The molecular formula is C23H28Cl2N2O3. The van der Waals surface area contributed by atoms with Crippen molar-refractivity contribution in [2.45, 2.75) is 52.7 Å². The van der Waals surface area contributed by atoms with Crippen LogP contribution < -0.4 is 10.1 Å². The lowest BCUT2D eigenvalue weighted by Crippen LogP contribution is -2.50. The Morgan fingerprint density at radius 3 is 2.43 bits per heavy atom. The number of aryl methyl sites for hydroxylation is 1. The molecule has 2 amide bonds. The van der Waals surface area contributed by atoms with E-state index in [9.17, 15) is 9.59 Å². The average molecular weight is 451 g/mol. The summed E-state index contributed by atoms with van der Waals surface area (Å²) in [5.74, 6) is 0.127. The first-order chi connectivity index (χ1) is 14.2. The van der Waals surface area contributed by atoms with Gasteiger partial charge in [0.2, 0.25) is 5.91 Å². The Morgan fingerprint density at radius 1 is 1.10 bits per heavy atom. The van der Waals surface area contributed by atoms with E-state index in [-0.39, 0.29) is 31.0 Å². The minimum Gasteiger partial charge on any atom is -0.484 e. The van der Waals surface area contributed by atoms with E-state index < -0.39 is 6.04 Å². The highest BCUT2D eigenvalue weighted by Gasteiger charge is 2.27. The highest BCUT2D eigenvalue weighted by atomic mass is 35.5. The zero-order valence-electron chi connectivity index (χ0n) is 17.7. The van der Waals surface area contributed by atoms with Crippen LogP contribution in [0.15, 0.2) is 42.5 Å². The van der Waals surface area contributed by atoms with Gasteiger partial charge in [-0.05, 0) is 56.5 Å². The Labute approximate surface area is 188 Å². The second kappa shape index (κ2) is 11.2. The standard InChI is InChI=1S/C23H28Cl2N2O3/c1-5-16(3)26-23(29)17(4)27(13-18-10-11-19(24)20(25)12-18)22(28)14-30-21-9-7-6-8-15(21)2/h6-12,16-17H,5,13-14H2,1-4H3,(H,26,29). The van der Waals surface area contributed by atoms with Gasteiger partial charge in [-0.2, -0.15) is 0 Å². The zero-order chi connectivity index (χ0) is 22.3. The number of amides is 2. The fourth-order valence-electron chi connectivity index (χ4n) is 2.82. The third-order valence-electron chi connectivity index (χ3n) is 4.95. The number of rotatable bonds is 9. The molecule has 0 spiro atoms. The molecule has 2 rings (SSSR count). The van der Waals surface area contributed by atoms with E-state index in [1.807, 2.05) is 45.0 Å². The minimum atomic E-state index is -0.679. The molecule has 0 bridgehead atoms. The predicted octanol–water partition coefficient (Wildman–Crippen LogP) is 5.01. The maximum atomic E-state index is 13.0. The van der Waals surface area contributed by atoms with Crippen molar-refractivity contribution in [1.82, 2.24) is 10.2 Å². The molecule has 0 saturated heterocycles. The topological polar surface area (TPSA) is 58.6 Å². The summed E-state index contributed by atoms with van der Waals surface area (Å²) in [7, 11) is 0. The van der Waals surface area contributed by atoms with Crippen LogP contribution in [0.25, 0.3) is 0 Å². The summed E-state index contributed by atoms with van der Waals surface area (Å²) in [6, 6.07) is 12.0. The van der Waals surface area contributed by atoms with E-state index in [2.05, 4.69) is 5.32 Å². The van der Waals surface area contributed by atoms with Gasteiger partial charge in [-0.3, -0.25) is 9.59 Å². The summed E-state index contributed by atoms with van der Waals surface area (Å²) in [6.07, 6.45) is 0.801. The van der Waals surface area contributed by atoms with Crippen molar-refractivity contribution in [3.8, 4) is 5.75 Å². The van der Waals surface area contributed by atoms with Gasteiger partial charge in [0.05, 0.1) is 10.0 Å². The lowest BCUT2D eigenvalue weighted by atomic mass is 10.1. The van der Waals surface area contributed by atoms with Gasteiger partial charge in [0.1, 0.15) is 11.8 Å². The Morgan fingerprint density at radius 2 is 1.80 bits per heavy atom. The molecule has 2 atom stereocenters. The summed E-state index contributed by atoms with van der Waals surface area (Å²) < 4.78 is 5.72. The van der Waals surface area contributed by atoms with Crippen LogP contribution in [0, 0.1) is 6.92 Å². The summed E-state index contributed by atoms with van der Waals surface area (Å²) in [4.78, 5) is 27.2. The Balaban J connectivity index is 2.20. The van der Waals surface area contributed by atoms with Crippen LogP contribution in [0.2, 0.25) is 10.0 Å². The SMILES string of the molecule is CCC(C)NC(=O)C(C)N(Cc1ccc(Cl)c(Cl)c1)C(=O)COc1ccccc1C. The van der Waals surface area contributed by atoms with Crippen molar-refractivity contribution in [3.05, 3.63) is 63.6 Å². The minimum absolute atomic E-state index is 0.0186. The van der Waals surface area contributed by atoms with E-state index in [1.165, 1.54) is 4.90 Å². The van der Waals surface area contributed by atoms with Crippen LogP contribution in [-0.4, -0.2) is 35.4 Å². The first-order valence-corrected chi connectivity index (χ1v) is 10.7. The van der Waals surface area contributed by atoms with Crippen LogP contribution in [0.4, 0.5) is 0 Å². The molecule has 162 valence electrons. The second-order valence-electron chi connectivity index (χ2n) is 7.32. The number of nitrogens with zero attached hydrogens (tertiary/aromatic N) is 1. The van der Waals surface area contributed by atoms with Crippen molar-refractivity contribution in [2.24, 2.45) is 0 Å². The number of ether oxygens (including phenoxy) is 1. The fourth-order valence-corrected chi connectivity index (χ4v) is 3.14. The fraction of sp³-hybridized carbons (Fsp3) is 0.391. The van der Waals surface area contributed by atoms with Crippen molar-refractivity contribution < 1.29 is 14.3 Å². The number of hydrogen-bond acceptors (Lipinski definition) is 3. The molecule has 0 heterocycles. The van der Waals surface area contributed by atoms with Gasteiger partial charge in [-0.25, -0.2) is 0 Å². The molecule has 1 N–H and O–H groups in total. The molecule has 0 aromatic heterocycles. The normalized spacial score (nSPS) is 12.7. The molecule has 5 nitrogen and oxygen atoms in total. The molecule has 30 heavy (non-hydrogen) atoms. The molecule has 0 aliphatic heterocycles. The summed E-state index contributed by atoms with van der Waals surface area (Å²) in [5, 5.41) is 3.76. The van der Waals surface area contributed by atoms with Gasteiger partial charge in [-0.1, -0.05) is 54.4 Å². The maximum Gasteiger partial charge on any atom is 0.261 e. The Kier molecular flexibility index (Phi) is 9.00. The van der Waals surface area contributed by atoms with Crippen LogP contribution in [0.5, 0.6) is 5.75 Å². The lowest BCUT2D eigenvalue weighted by molar-refractivity contribution is -0.142. The highest BCUT2D eigenvalue weighted by molar-refractivity contribution is 6.42. The first kappa shape index (κ1) is 24.0.